The molecule has 0 aromatic rings. The molecule has 0 aromatic carbocycles. The minimum Gasteiger partial charge on any atom is -0.363 e. The molecule has 218 valence electrons. The molecule has 0 bridgehead atoms. The van der Waals surface area contributed by atoms with E-state index in [0.29, 0.717) is 13.0 Å². The van der Waals surface area contributed by atoms with Gasteiger partial charge in [-0.2, -0.15) is 0 Å². The Labute approximate surface area is 230 Å². The van der Waals surface area contributed by atoms with Gasteiger partial charge < -0.3 is 26.6 Å². The minimum absolute atomic E-state index is 0.0865. The highest BCUT2D eigenvalue weighted by Gasteiger charge is 2.70. The highest BCUT2D eigenvalue weighted by molar-refractivity contribution is 6.37. The first-order valence-corrected chi connectivity index (χ1v) is 13.9. The van der Waals surface area contributed by atoms with Crippen molar-refractivity contribution in [2.45, 2.75) is 98.8 Å². The number of nitrogens with one attached hydrogen (secondary N) is 3. The number of fused-ring (bicyclic) bond motifs is 1. The number of hydrogen-bond acceptors (Lipinski definition) is 6. The van der Waals surface area contributed by atoms with Crippen LogP contribution in [0.1, 0.15) is 74.7 Å². The van der Waals surface area contributed by atoms with Crippen molar-refractivity contribution in [1.29, 1.82) is 0 Å². The summed E-state index contributed by atoms with van der Waals surface area (Å²) in [7, 11) is 0. The Bertz CT molecular complexity index is 1040. The monoisotopic (exact) mass is 547 g/mol. The van der Waals surface area contributed by atoms with Gasteiger partial charge in [0.2, 0.25) is 17.6 Å². The van der Waals surface area contributed by atoms with E-state index >= 15 is 0 Å². The molecule has 2 aliphatic carbocycles. The third-order valence-corrected chi connectivity index (χ3v) is 8.68. The molecular formula is C28H45N5O6. The average molecular weight is 548 g/mol. The Balaban J connectivity index is 1.82. The summed E-state index contributed by atoms with van der Waals surface area (Å²) in [5, 5.41) is 8.16. The van der Waals surface area contributed by atoms with Crippen LogP contribution in [0.3, 0.4) is 0 Å². The van der Waals surface area contributed by atoms with Crippen LogP contribution < -0.4 is 21.7 Å². The van der Waals surface area contributed by atoms with Crippen LogP contribution in [0.25, 0.3) is 0 Å². The number of hydrogen-bond donors (Lipinski definition) is 4. The lowest BCUT2D eigenvalue weighted by Crippen LogP contribution is -2.62. The third-order valence-electron chi connectivity index (χ3n) is 8.68. The van der Waals surface area contributed by atoms with E-state index in [2.05, 4.69) is 16.0 Å². The van der Waals surface area contributed by atoms with E-state index in [1.54, 1.807) is 0 Å². The molecule has 5 amide bonds. The molecule has 0 aromatic heterocycles. The fourth-order valence-electron chi connectivity index (χ4n) is 6.03. The van der Waals surface area contributed by atoms with Crippen molar-refractivity contribution in [2.75, 3.05) is 6.54 Å². The largest absolute Gasteiger partial charge is 0.363 e. The smallest absolute Gasteiger partial charge is 0.316 e. The van der Waals surface area contributed by atoms with Crippen LogP contribution in [0.4, 0.5) is 4.79 Å². The van der Waals surface area contributed by atoms with Crippen molar-refractivity contribution in [3.05, 3.63) is 0 Å². The predicted molar refractivity (Wildman–Crippen MR) is 144 cm³/mol. The van der Waals surface area contributed by atoms with E-state index in [1.165, 1.54) is 11.8 Å². The Hall–Kier alpha value is -2.98. The highest BCUT2D eigenvalue weighted by Crippen LogP contribution is 2.65. The molecule has 0 spiro atoms. The van der Waals surface area contributed by atoms with Gasteiger partial charge in [-0.3, -0.25) is 24.0 Å². The summed E-state index contributed by atoms with van der Waals surface area (Å²) >= 11 is 0. The maximum Gasteiger partial charge on any atom is 0.316 e. The van der Waals surface area contributed by atoms with Crippen molar-refractivity contribution >= 4 is 35.3 Å². The Morgan fingerprint density at radius 2 is 1.59 bits per heavy atom. The molecule has 1 aliphatic heterocycles. The molecular weight excluding hydrogens is 502 g/mol. The van der Waals surface area contributed by atoms with Gasteiger partial charge in [-0.25, -0.2) is 4.79 Å². The van der Waals surface area contributed by atoms with Gasteiger partial charge in [-0.15, -0.1) is 0 Å². The molecule has 1 heterocycles. The first-order chi connectivity index (χ1) is 17.9. The van der Waals surface area contributed by atoms with Crippen LogP contribution in [0.2, 0.25) is 0 Å². The van der Waals surface area contributed by atoms with Gasteiger partial charge in [0.25, 0.3) is 5.91 Å². The van der Waals surface area contributed by atoms with Gasteiger partial charge in [-0.1, -0.05) is 61.3 Å². The normalized spacial score (nSPS) is 25.7. The van der Waals surface area contributed by atoms with Crippen LogP contribution in [-0.2, 0) is 24.0 Å². The summed E-state index contributed by atoms with van der Waals surface area (Å²) in [6.07, 6.45) is 2.18. The second-order valence-corrected chi connectivity index (χ2v) is 13.6. The van der Waals surface area contributed by atoms with Gasteiger partial charge in [0.15, 0.2) is 5.78 Å². The molecule has 1 saturated heterocycles. The first-order valence-electron chi connectivity index (χ1n) is 13.9. The number of amides is 5. The summed E-state index contributed by atoms with van der Waals surface area (Å²) < 4.78 is 0. The summed E-state index contributed by atoms with van der Waals surface area (Å²) in [5.74, 6) is -2.95. The molecule has 0 radical (unpaired) electrons. The molecule has 3 rings (SSSR count). The Kier molecular flexibility index (Phi) is 8.53. The Morgan fingerprint density at radius 3 is 2.05 bits per heavy atom. The molecule has 3 fully saturated rings. The van der Waals surface area contributed by atoms with E-state index in [1.807, 2.05) is 48.5 Å². The van der Waals surface area contributed by atoms with Crippen LogP contribution in [0, 0.1) is 34.5 Å². The summed E-state index contributed by atoms with van der Waals surface area (Å²) in [6.45, 7) is 14.9. The number of Topliss-reactive ketones (excluding diaryl/α,β-unsaturated/α-hetero) is 2. The van der Waals surface area contributed by atoms with Crippen molar-refractivity contribution in [3.8, 4) is 0 Å². The third kappa shape index (κ3) is 6.61. The summed E-state index contributed by atoms with van der Waals surface area (Å²) in [5.41, 5.74) is 4.37. The van der Waals surface area contributed by atoms with E-state index in [0.717, 1.165) is 12.8 Å². The molecule has 11 heteroatoms. The van der Waals surface area contributed by atoms with Crippen LogP contribution in [-0.4, -0.2) is 70.9 Å². The van der Waals surface area contributed by atoms with Crippen molar-refractivity contribution in [2.24, 2.45) is 40.2 Å². The molecule has 11 nitrogen and oxygen atoms in total. The SMILES string of the molecule is CC(=O)[C@@H](NC(=O)N[C@H](C(=O)N1C[C@H]2[C@@H]([C@H]1C(=O)NC(CC1CC1)C(=O)C(N)=O)C2(C)C)C(C)(C)C)C(C)C. The molecule has 3 aliphatic rings. The fourth-order valence-corrected chi connectivity index (χ4v) is 6.03. The van der Waals surface area contributed by atoms with Crippen LogP contribution >= 0.6 is 0 Å². The topological polar surface area (TPSA) is 168 Å². The quantitative estimate of drug-likeness (QED) is 0.283. The number of rotatable bonds is 11. The first kappa shape index (κ1) is 30.6. The van der Waals surface area contributed by atoms with Gasteiger partial charge in [0.05, 0.1) is 12.1 Å². The maximum absolute atomic E-state index is 14.0. The molecule has 1 unspecified atom stereocenters. The number of carbonyl (C=O) groups excluding carboxylic acids is 6. The summed E-state index contributed by atoms with van der Waals surface area (Å²) in [6, 6.07) is -4.20. The zero-order valence-corrected chi connectivity index (χ0v) is 24.4. The van der Waals surface area contributed by atoms with Gasteiger partial charge in [-0.05, 0) is 47.8 Å². The average Bonchev–Trinajstić information content (AvgIpc) is 3.65. The number of ketones is 2. The predicted octanol–water partition coefficient (Wildman–Crippen LogP) is 1.14. The number of piperidine rings is 1. The number of nitrogens with two attached hydrogens (primary N) is 1. The van der Waals surface area contributed by atoms with Crippen molar-refractivity contribution < 1.29 is 28.8 Å². The maximum atomic E-state index is 14.0. The van der Waals surface area contributed by atoms with E-state index in [9.17, 15) is 28.8 Å². The number of carbonyl (C=O) groups is 6. The van der Waals surface area contributed by atoms with Crippen LogP contribution in [0.5, 0.6) is 0 Å². The van der Waals surface area contributed by atoms with E-state index in [-0.39, 0.29) is 34.9 Å². The standard InChI is InChI=1S/C28H45N5O6/c1-13(2)19(14(3)34)31-26(39)32-22(27(4,5)6)25(38)33-12-16-18(28(16,7)8)20(33)24(37)30-17(11-15-9-10-15)21(35)23(29)36/h13,15-20,22H,9-12H2,1-8H3,(H2,29,36)(H,30,37)(H2,31,32,39)/t16-,17?,18-,19-,20-,22+/m0/s1. The summed E-state index contributed by atoms with van der Waals surface area (Å²) in [4.78, 5) is 78.2. The van der Waals surface area contributed by atoms with E-state index in [4.69, 9.17) is 5.73 Å². The zero-order valence-electron chi connectivity index (χ0n) is 24.4. The number of urea groups is 1. The number of likely N-dealkylation sites (tertiary alicyclic amines) is 1. The van der Waals surface area contributed by atoms with E-state index < -0.39 is 59.1 Å². The number of primary amides is 1. The minimum atomic E-state index is -1.10. The highest BCUT2D eigenvalue weighted by atomic mass is 16.2. The molecule has 39 heavy (non-hydrogen) atoms. The zero-order chi connectivity index (χ0) is 29.6. The van der Waals surface area contributed by atoms with Crippen molar-refractivity contribution in [3.63, 3.8) is 0 Å². The lowest BCUT2D eigenvalue weighted by molar-refractivity contribution is -0.145. The molecule has 2 saturated carbocycles. The van der Waals surface area contributed by atoms with Gasteiger partial charge >= 0.3 is 6.03 Å². The molecule has 6 atom stereocenters. The van der Waals surface area contributed by atoms with Crippen molar-refractivity contribution in [1.82, 2.24) is 20.9 Å². The fraction of sp³-hybridized carbons (Fsp3) is 0.786. The number of nitrogens with zero attached hydrogens (tertiary/aromatic N) is 1. The van der Waals surface area contributed by atoms with Crippen LogP contribution in [0.15, 0.2) is 0 Å². The lowest BCUT2D eigenvalue weighted by atomic mass is 9.85. The second-order valence-electron chi connectivity index (χ2n) is 13.6. The second kappa shape index (κ2) is 10.9. The Morgan fingerprint density at radius 1 is 1.00 bits per heavy atom. The molecule has 5 N–H and O–H groups in total. The lowest BCUT2D eigenvalue weighted by Gasteiger charge is -2.38. The van der Waals surface area contributed by atoms with Gasteiger partial charge in [0, 0.05) is 6.54 Å². The van der Waals surface area contributed by atoms with Gasteiger partial charge in [0.1, 0.15) is 12.1 Å².